The molecule has 1 aliphatic carbocycles. The Morgan fingerprint density at radius 2 is 1.62 bits per heavy atom. The summed E-state index contributed by atoms with van der Waals surface area (Å²) in [7, 11) is 0. The third-order valence-electron chi connectivity index (χ3n) is 5.97. The average molecular weight is 458 g/mol. The van der Waals surface area contributed by atoms with Gasteiger partial charge in [0.2, 0.25) is 0 Å². The smallest absolute Gasteiger partial charge is 0.300 e. The van der Waals surface area contributed by atoms with Crippen LogP contribution in [0.25, 0.3) is 22.5 Å². The molecule has 1 heterocycles. The molecule has 1 aromatic heterocycles. The van der Waals surface area contributed by atoms with E-state index in [0.29, 0.717) is 5.92 Å². The predicted molar refractivity (Wildman–Crippen MR) is 128 cm³/mol. The normalized spacial score (nSPS) is 13.8. The fourth-order valence-electron chi connectivity index (χ4n) is 4.51. The minimum atomic E-state index is 0. The summed E-state index contributed by atoms with van der Waals surface area (Å²) in [5, 5.41) is 5.09. The van der Waals surface area contributed by atoms with Crippen molar-refractivity contribution in [2.24, 2.45) is 0 Å². The quantitative estimate of drug-likeness (QED) is 0.209. The van der Waals surface area contributed by atoms with E-state index in [9.17, 15) is 0 Å². The summed E-state index contributed by atoms with van der Waals surface area (Å²) >= 11 is 0. The van der Waals surface area contributed by atoms with Crippen LogP contribution >= 0.6 is 0 Å². The summed E-state index contributed by atoms with van der Waals surface area (Å²) in [6, 6.07) is 38.0. The molecule has 5 aromatic rings. The zero-order chi connectivity index (χ0) is 21.0. The third kappa shape index (κ3) is 4.41. The van der Waals surface area contributed by atoms with Crippen molar-refractivity contribution in [1.29, 1.82) is 0 Å². The summed E-state index contributed by atoms with van der Waals surface area (Å²) in [4.78, 5) is 0. The molecule has 0 N–H and O–H groups in total. The number of aromatic nitrogens is 2. The molecule has 3 heteroatoms. The maximum atomic E-state index is 5.09. The van der Waals surface area contributed by atoms with E-state index in [-0.39, 0.29) is 17.1 Å². The van der Waals surface area contributed by atoms with Crippen molar-refractivity contribution in [1.82, 2.24) is 9.78 Å². The van der Waals surface area contributed by atoms with E-state index in [1.165, 1.54) is 33.5 Å². The fraction of sp³-hybridized carbons (Fsp3) is 0.138. The number of benzene rings is 2. The van der Waals surface area contributed by atoms with Crippen molar-refractivity contribution in [2.45, 2.75) is 25.8 Å². The monoisotopic (exact) mass is 458 g/mol. The summed E-state index contributed by atoms with van der Waals surface area (Å²) in [6.45, 7) is 3.12. The molecule has 0 saturated heterocycles. The Labute approximate surface area is 200 Å². The molecule has 4 aromatic carbocycles. The van der Waals surface area contributed by atoms with Gasteiger partial charge in [0.1, 0.15) is 0 Å². The molecule has 2 nitrogen and oxygen atoms in total. The number of rotatable bonds is 3. The Hall–Kier alpha value is -3.13. The van der Waals surface area contributed by atoms with Crippen LogP contribution in [0.15, 0.2) is 109 Å². The Balaban J connectivity index is 0.000000363. The Morgan fingerprint density at radius 1 is 0.875 bits per heavy atom. The maximum absolute atomic E-state index is 5.09. The maximum Gasteiger partial charge on any atom is 2.00 e. The second-order valence-corrected chi connectivity index (χ2v) is 8.15. The molecule has 1 unspecified atom stereocenters. The van der Waals surface area contributed by atoms with Crippen LogP contribution in [0.2, 0.25) is 0 Å². The van der Waals surface area contributed by atoms with Gasteiger partial charge in [0, 0.05) is 5.56 Å². The molecule has 0 fully saturated rings. The summed E-state index contributed by atoms with van der Waals surface area (Å²) < 4.78 is 2.20. The first-order valence-corrected chi connectivity index (χ1v) is 10.9. The van der Waals surface area contributed by atoms with Crippen LogP contribution in [0.3, 0.4) is 0 Å². The van der Waals surface area contributed by atoms with Gasteiger partial charge in [-0.2, -0.15) is 41.5 Å². The molecule has 0 amide bonds. The van der Waals surface area contributed by atoms with Gasteiger partial charge in [0.15, 0.2) is 0 Å². The van der Waals surface area contributed by atoms with Gasteiger partial charge < -0.3 is 0 Å². The Morgan fingerprint density at radius 3 is 2.31 bits per heavy atom. The zero-order valence-electron chi connectivity index (χ0n) is 18.1. The van der Waals surface area contributed by atoms with E-state index in [2.05, 4.69) is 90.5 Å². The summed E-state index contributed by atoms with van der Waals surface area (Å²) in [6.07, 6.45) is 1.04. The molecule has 0 saturated carbocycles. The molecule has 0 spiro atoms. The van der Waals surface area contributed by atoms with Crippen molar-refractivity contribution in [3.05, 3.63) is 126 Å². The predicted octanol–water partition coefficient (Wildman–Crippen LogP) is 7.05. The van der Waals surface area contributed by atoms with E-state index in [0.717, 1.165) is 18.7 Å². The van der Waals surface area contributed by atoms with Gasteiger partial charge in [-0.3, -0.25) is 4.68 Å². The SMILES string of the molecule is CC1Cc2c(nn(Cc3ccccc3)c2-c2ccc[cH-]2)-c2ccccc21.[Fe+2].c1cc[cH-]c1. The van der Waals surface area contributed by atoms with Crippen molar-refractivity contribution in [3.8, 4) is 22.5 Å². The van der Waals surface area contributed by atoms with Crippen LogP contribution in [0, 0.1) is 0 Å². The van der Waals surface area contributed by atoms with Gasteiger partial charge in [0.25, 0.3) is 0 Å². The van der Waals surface area contributed by atoms with E-state index in [1.54, 1.807) is 0 Å². The van der Waals surface area contributed by atoms with E-state index < -0.39 is 0 Å². The van der Waals surface area contributed by atoms with Gasteiger partial charge >= 0.3 is 17.1 Å². The molecule has 32 heavy (non-hydrogen) atoms. The minimum absolute atomic E-state index is 0. The van der Waals surface area contributed by atoms with Crippen molar-refractivity contribution in [3.63, 3.8) is 0 Å². The van der Waals surface area contributed by atoms with Crippen molar-refractivity contribution >= 4 is 0 Å². The average Bonchev–Trinajstić information content (AvgIpc) is 3.58. The molecular weight excluding hydrogens is 432 g/mol. The molecule has 1 aliphatic rings. The zero-order valence-corrected chi connectivity index (χ0v) is 19.2. The Bertz CT molecular complexity index is 1210. The number of nitrogens with zero attached hydrogens (tertiary/aromatic N) is 2. The molecular formula is C29H26FeN2. The molecule has 0 bridgehead atoms. The van der Waals surface area contributed by atoms with Crippen LogP contribution in [0.4, 0.5) is 0 Å². The molecule has 0 aliphatic heterocycles. The number of hydrogen-bond acceptors (Lipinski definition) is 1. The number of hydrogen-bond donors (Lipinski definition) is 0. The third-order valence-corrected chi connectivity index (χ3v) is 5.97. The molecule has 6 rings (SSSR count). The molecule has 0 radical (unpaired) electrons. The first-order chi connectivity index (χ1) is 15.3. The van der Waals surface area contributed by atoms with Gasteiger partial charge in [-0.25, -0.2) is 12.1 Å². The largest absolute Gasteiger partial charge is 2.00 e. The first kappa shape index (κ1) is 22.1. The first-order valence-electron chi connectivity index (χ1n) is 10.9. The summed E-state index contributed by atoms with van der Waals surface area (Å²) in [5.74, 6) is 0.516. The van der Waals surface area contributed by atoms with E-state index >= 15 is 0 Å². The minimum Gasteiger partial charge on any atom is -0.300 e. The fourth-order valence-corrected chi connectivity index (χ4v) is 4.51. The second-order valence-electron chi connectivity index (χ2n) is 8.15. The van der Waals surface area contributed by atoms with Crippen LogP contribution in [0.1, 0.15) is 29.5 Å². The van der Waals surface area contributed by atoms with Crippen molar-refractivity contribution in [2.75, 3.05) is 0 Å². The number of fused-ring (bicyclic) bond motifs is 3. The van der Waals surface area contributed by atoms with Gasteiger partial charge in [-0.1, -0.05) is 61.5 Å². The van der Waals surface area contributed by atoms with Crippen LogP contribution in [-0.2, 0) is 30.0 Å². The summed E-state index contributed by atoms with van der Waals surface area (Å²) in [5.41, 5.74) is 9.07. The molecule has 1 atom stereocenters. The van der Waals surface area contributed by atoms with Crippen LogP contribution in [0.5, 0.6) is 0 Å². The van der Waals surface area contributed by atoms with Crippen LogP contribution in [-0.4, -0.2) is 9.78 Å². The van der Waals surface area contributed by atoms with E-state index in [1.807, 2.05) is 30.3 Å². The van der Waals surface area contributed by atoms with Gasteiger partial charge in [-0.15, -0.1) is 11.6 Å². The second kappa shape index (κ2) is 9.99. The van der Waals surface area contributed by atoms with Crippen molar-refractivity contribution < 1.29 is 17.1 Å². The topological polar surface area (TPSA) is 17.8 Å². The van der Waals surface area contributed by atoms with Gasteiger partial charge in [-0.05, 0) is 34.7 Å². The van der Waals surface area contributed by atoms with Gasteiger partial charge in [0.05, 0.1) is 12.2 Å². The standard InChI is InChI=1S/C24H21N2.C5H5.Fe/c1-17-15-22-23(21-14-8-7-13-20(17)21)25-26(16-18-9-3-2-4-10-18)24(22)19-11-5-6-12-19;1-2-4-5-3-1;/h2-14,17H,15-16H2,1H3;1-5H;/q2*-1;+2. The Kier molecular flexibility index (Phi) is 6.90. The van der Waals surface area contributed by atoms with Crippen LogP contribution < -0.4 is 0 Å². The van der Waals surface area contributed by atoms with E-state index in [4.69, 9.17) is 5.10 Å². The molecule has 160 valence electrons.